The van der Waals surface area contributed by atoms with Gasteiger partial charge >= 0.3 is 5.97 Å². The van der Waals surface area contributed by atoms with Crippen molar-refractivity contribution in [1.29, 1.82) is 0 Å². The molecule has 0 fully saturated rings. The number of guanidine groups is 1. The maximum atomic E-state index is 10.8. The third kappa shape index (κ3) is 7.48. The van der Waals surface area contributed by atoms with Crippen LogP contribution >= 0.6 is 0 Å². The minimum Gasteiger partial charge on any atom is -0.481 e. The molecule has 0 bridgehead atoms. The number of nitrogens with two attached hydrogens (primary N) is 2. The van der Waals surface area contributed by atoms with E-state index in [0.29, 0.717) is 19.4 Å². The Labute approximate surface area is 88.4 Å². The molecule has 0 radical (unpaired) electrons. The summed E-state index contributed by atoms with van der Waals surface area (Å²) in [5.74, 6) is -1.70. The van der Waals surface area contributed by atoms with Crippen molar-refractivity contribution < 1.29 is 14.7 Å². The van der Waals surface area contributed by atoms with Gasteiger partial charge < -0.3 is 21.4 Å². The molecule has 0 aliphatic rings. The Morgan fingerprint density at radius 1 is 1.40 bits per heavy atom. The lowest BCUT2D eigenvalue weighted by molar-refractivity contribution is -0.143. The topological polar surface area (TPSA) is 119 Å². The first-order valence-electron chi connectivity index (χ1n) is 4.71. The van der Waals surface area contributed by atoms with E-state index in [-0.39, 0.29) is 18.2 Å². The normalized spacial score (nSPS) is 11.8. The largest absolute Gasteiger partial charge is 0.481 e. The average molecular weight is 215 g/mol. The number of nitrogens with zero attached hydrogens (tertiary/aromatic N) is 1. The second kappa shape index (κ2) is 6.80. The predicted molar refractivity (Wildman–Crippen MR) is 56.3 cm³/mol. The van der Waals surface area contributed by atoms with E-state index in [4.69, 9.17) is 16.6 Å². The number of carboxylic acid groups (broad SMARTS) is 1. The lowest BCUT2D eigenvalue weighted by Gasteiger charge is -2.08. The molecule has 0 amide bonds. The van der Waals surface area contributed by atoms with Gasteiger partial charge in [0.05, 0.1) is 5.92 Å². The van der Waals surface area contributed by atoms with E-state index in [1.54, 1.807) is 0 Å². The summed E-state index contributed by atoms with van der Waals surface area (Å²) in [4.78, 5) is 25.2. The summed E-state index contributed by atoms with van der Waals surface area (Å²) in [6.07, 6.45) is 1.03. The fourth-order valence-electron chi connectivity index (χ4n) is 1.21. The SMILES string of the molecule is CC(=O)CC(CCCN=C(N)N)C(=O)O. The van der Waals surface area contributed by atoms with Gasteiger partial charge in [-0.25, -0.2) is 0 Å². The van der Waals surface area contributed by atoms with Gasteiger partial charge in [-0.1, -0.05) is 0 Å². The van der Waals surface area contributed by atoms with E-state index in [9.17, 15) is 9.59 Å². The van der Waals surface area contributed by atoms with Crippen molar-refractivity contribution in [2.45, 2.75) is 26.2 Å². The summed E-state index contributed by atoms with van der Waals surface area (Å²) >= 11 is 0. The number of carbonyl (C=O) groups excluding carboxylic acids is 1. The second-order valence-corrected chi connectivity index (χ2v) is 3.39. The van der Waals surface area contributed by atoms with Gasteiger partial charge in [0, 0.05) is 13.0 Å². The molecule has 0 saturated heterocycles. The van der Waals surface area contributed by atoms with Gasteiger partial charge in [0.2, 0.25) is 0 Å². The zero-order chi connectivity index (χ0) is 11.8. The number of hydrogen-bond acceptors (Lipinski definition) is 3. The molecule has 0 saturated carbocycles. The Balaban J connectivity index is 3.92. The number of aliphatic imine (C=N–C) groups is 1. The van der Waals surface area contributed by atoms with E-state index in [1.165, 1.54) is 6.92 Å². The first-order valence-corrected chi connectivity index (χ1v) is 4.71. The van der Waals surface area contributed by atoms with Gasteiger partial charge in [0.15, 0.2) is 5.96 Å². The van der Waals surface area contributed by atoms with E-state index in [2.05, 4.69) is 4.99 Å². The van der Waals surface area contributed by atoms with Gasteiger partial charge in [-0.3, -0.25) is 9.79 Å². The van der Waals surface area contributed by atoms with Crippen LogP contribution in [0, 0.1) is 5.92 Å². The van der Waals surface area contributed by atoms with Crippen LogP contribution < -0.4 is 11.5 Å². The first-order chi connectivity index (χ1) is 6.93. The van der Waals surface area contributed by atoms with Gasteiger partial charge in [-0.2, -0.15) is 0 Å². The third-order valence-electron chi connectivity index (χ3n) is 1.89. The smallest absolute Gasteiger partial charge is 0.306 e. The van der Waals surface area contributed by atoms with Crippen molar-refractivity contribution in [3.8, 4) is 0 Å². The highest BCUT2D eigenvalue weighted by molar-refractivity contribution is 5.81. The number of ketones is 1. The summed E-state index contributed by atoms with van der Waals surface area (Å²) in [6, 6.07) is 0. The van der Waals surface area contributed by atoms with Crippen LogP contribution in [0.4, 0.5) is 0 Å². The van der Waals surface area contributed by atoms with E-state index in [0.717, 1.165) is 0 Å². The molecule has 0 rings (SSSR count). The summed E-state index contributed by atoms with van der Waals surface area (Å²) in [6.45, 7) is 1.77. The zero-order valence-electron chi connectivity index (χ0n) is 8.77. The van der Waals surface area contributed by atoms with Crippen molar-refractivity contribution in [3.63, 3.8) is 0 Å². The Kier molecular flexibility index (Phi) is 6.08. The lowest BCUT2D eigenvalue weighted by Crippen LogP contribution is -2.23. The maximum Gasteiger partial charge on any atom is 0.306 e. The van der Waals surface area contributed by atoms with Crippen LogP contribution in [0.2, 0.25) is 0 Å². The Morgan fingerprint density at radius 2 is 2.00 bits per heavy atom. The average Bonchev–Trinajstić information content (AvgIpc) is 2.08. The van der Waals surface area contributed by atoms with Crippen molar-refractivity contribution in [2.24, 2.45) is 22.4 Å². The van der Waals surface area contributed by atoms with Crippen LogP contribution in [-0.2, 0) is 9.59 Å². The molecule has 0 aromatic rings. The number of carbonyl (C=O) groups is 2. The van der Waals surface area contributed by atoms with E-state index >= 15 is 0 Å². The molecule has 0 heterocycles. The Hall–Kier alpha value is -1.59. The van der Waals surface area contributed by atoms with Crippen molar-refractivity contribution in [1.82, 2.24) is 0 Å². The van der Waals surface area contributed by atoms with Crippen LogP contribution in [0.1, 0.15) is 26.2 Å². The quantitative estimate of drug-likeness (QED) is 0.306. The highest BCUT2D eigenvalue weighted by Gasteiger charge is 2.18. The van der Waals surface area contributed by atoms with E-state index in [1.807, 2.05) is 0 Å². The molecule has 0 aromatic heterocycles. The maximum absolute atomic E-state index is 10.8. The van der Waals surface area contributed by atoms with Crippen LogP contribution in [0.15, 0.2) is 4.99 Å². The Morgan fingerprint density at radius 3 is 2.40 bits per heavy atom. The van der Waals surface area contributed by atoms with Gasteiger partial charge in [-0.05, 0) is 19.8 Å². The van der Waals surface area contributed by atoms with Crippen molar-refractivity contribution >= 4 is 17.7 Å². The van der Waals surface area contributed by atoms with Crippen molar-refractivity contribution in [2.75, 3.05) is 6.54 Å². The molecule has 0 aliphatic heterocycles. The minimum atomic E-state index is -0.949. The number of aliphatic carboxylic acids is 1. The van der Waals surface area contributed by atoms with Crippen LogP contribution in [-0.4, -0.2) is 29.4 Å². The molecule has 1 atom stereocenters. The highest BCUT2D eigenvalue weighted by Crippen LogP contribution is 2.12. The standard InChI is InChI=1S/C9H17N3O3/c1-6(13)5-7(8(14)15)3-2-4-12-9(10)11/h7H,2-5H2,1H3,(H,14,15)(H4,10,11,12). The molecule has 1 unspecified atom stereocenters. The molecule has 15 heavy (non-hydrogen) atoms. The number of Topliss-reactive ketones (excluding diaryl/α,β-unsaturated/α-hetero) is 1. The summed E-state index contributed by atoms with van der Waals surface area (Å²) in [5, 5.41) is 8.79. The summed E-state index contributed by atoms with van der Waals surface area (Å²) in [5.41, 5.74) is 10.2. The number of carboxylic acids is 1. The number of rotatable bonds is 7. The van der Waals surface area contributed by atoms with E-state index < -0.39 is 11.9 Å². The Bertz CT molecular complexity index is 259. The van der Waals surface area contributed by atoms with Gasteiger partial charge in [0.1, 0.15) is 5.78 Å². The second-order valence-electron chi connectivity index (χ2n) is 3.39. The molecule has 5 N–H and O–H groups in total. The van der Waals surface area contributed by atoms with Crippen LogP contribution in [0.5, 0.6) is 0 Å². The summed E-state index contributed by atoms with van der Waals surface area (Å²) in [7, 11) is 0. The molecule has 0 aromatic carbocycles. The fraction of sp³-hybridized carbons (Fsp3) is 0.667. The molecule has 6 nitrogen and oxygen atoms in total. The van der Waals surface area contributed by atoms with Gasteiger partial charge in [-0.15, -0.1) is 0 Å². The molecule has 86 valence electrons. The lowest BCUT2D eigenvalue weighted by atomic mass is 9.98. The van der Waals surface area contributed by atoms with Gasteiger partial charge in [0.25, 0.3) is 0 Å². The zero-order valence-corrected chi connectivity index (χ0v) is 8.77. The molecule has 0 aliphatic carbocycles. The fourth-order valence-corrected chi connectivity index (χ4v) is 1.21. The monoisotopic (exact) mass is 215 g/mol. The minimum absolute atomic E-state index is 0.00607. The van der Waals surface area contributed by atoms with Crippen molar-refractivity contribution in [3.05, 3.63) is 0 Å². The first kappa shape index (κ1) is 13.4. The molecular weight excluding hydrogens is 198 g/mol. The molecule has 6 heteroatoms. The number of hydrogen-bond donors (Lipinski definition) is 3. The summed E-state index contributed by atoms with van der Waals surface area (Å²) < 4.78 is 0. The highest BCUT2D eigenvalue weighted by atomic mass is 16.4. The third-order valence-corrected chi connectivity index (χ3v) is 1.89. The van der Waals surface area contributed by atoms with Crippen LogP contribution in [0.25, 0.3) is 0 Å². The molecular formula is C9H17N3O3. The van der Waals surface area contributed by atoms with Crippen LogP contribution in [0.3, 0.4) is 0 Å². The molecule has 0 spiro atoms. The predicted octanol–water partition coefficient (Wildman–Crippen LogP) is -0.280.